The maximum Gasteiger partial charge on any atom is 0.213 e. The Morgan fingerprint density at radius 2 is 1.06 bits per heavy atom. The van der Waals surface area contributed by atoms with Gasteiger partial charge in [0, 0.05) is 39.7 Å². The monoisotopic (exact) mass is 1130 g/mol. The summed E-state index contributed by atoms with van der Waals surface area (Å²) in [5, 5.41) is 7.07. The Bertz CT molecular complexity index is 2680. The van der Waals surface area contributed by atoms with E-state index in [1.807, 2.05) is 76.6 Å². The molecule has 4 aromatic heterocycles. The third-order valence-corrected chi connectivity index (χ3v) is 9.80. The summed E-state index contributed by atoms with van der Waals surface area (Å²) in [6.45, 7) is 0. The average molecular weight is 1140 g/mol. The minimum atomic E-state index is 0.847. The first-order valence-electron chi connectivity index (χ1n) is 15.8. The molecule has 0 aliphatic carbocycles. The molecule has 0 spiro atoms. The number of hydrogen-bond donors (Lipinski definition) is 1. The molecule has 0 radical (unpaired) electrons. The highest BCUT2D eigenvalue weighted by molar-refractivity contribution is 14.1. The zero-order chi connectivity index (χ0) is 35.9. The molecule has 0 bridgehead atoms. The fraction of sp³-hybridized carbons (Fsp3) is 0.0476. The maximum atomic E-state index is 6.21. The van der Waals surface area contributed by atoms with E-state index < -0.39 is 0 Å². The van der Waals surface area contributed by atoms with Crippen LogP contribution in [0.5, 0.6) is 0 Å². The van der Waals surface area contributed by atoms with E-state index in [0.717, 1.165) is 59.0 Å². The van der Waals surface area contributed by atoms with Gasteiger partial charge in [-0.05, 0) is 93.1 Å². The molecule has 1 N–H and O–H groups in total. The number of hydrogen-bond acceptors (Lipinski definition) is 2. The van der Waals surface area contributed by atoms with Crippen LogP contribution in [0.4, 0.5) is 0 Å². The molecule has 0 saturated carbocycles. The summed E-state index contributed by atoms with van der Waals surface area (Å²) < 4.78 is 17.6. The number of para-hydroxylation sites is 3. The van der Waals surface area contributed by atoms with Crippen LogP contribution in [0.3, 0.4) is 0 Å². The normalized spacial score (nSPS) is 10.6. The molecular formula is C42H31Br2I3N2O2. The molecule has 0 fully saturated rings. The second-order valence-corrected chi connectivity index (χ2v) is 14.1. The Kier molecular flexibility index (Phi) is 13.2. The largest absolute Gasteiger partial charge is 0.440 e. The number of aromatic amines is 1. The van der Waals surface area contributed by atoms with Gasteiger partial charge in [-0.3, -0.25) is 4.57 Å². The summed E-state index contributed by atoms with van der Waals surface area (Å²) in [6, 6.07) is 49.5. The van der Waals surface area contributed by atoms with Crippen LogP contribution in [0.2, 0.25) is 0 Å². The van der Waals surface area contributed by atoms with Crippen LogP contribution in [0, 0.1) is 3.57 Å². The van der Waals surface area contributed by atoms with Gasteiger partial charge >= 0.3 is 0 Å². The smallest absolute Gasteiger partial charge is 0.213 e. The lowest BCUT2D eigenvalue weighted by molar-refractivity contribution is 0.645. The number of benzene rings is 6. The van der Waals surface area contributed by atoms with Crippen molar-refractivity contribution >= 4 is 166 Å². The minimum absolute atomic E-state index is 0.847. The zero-order valence-corrected chi connectivity index (χ0v) is 37.2. The fourth-order valence-electron chi connectivity index (χ4n) is 6.07. The van der Waals surface area contributed by atoms with Gasteiger partial charge in [-0.2, -0.15) is 0 Å². The molecule has 0 aliphatic heterocycles. The van der Waals surface area contributed by atoms with E-state index in [4.69, 9.17) is 8.83 Å². The topological polar surface area (TPSA) is 47.0 Å². The summed E-state index contributed by atoms with van der Waals surface area (Å²) in [5.74, 6) is 0. The molecule has 0 aliphatic rings. The number of nitrogens with one attached hydrogen (secondary N) is 1. The van der Waals surface area contributed by atoms with Crippen molar-refractivity contribution in [1.82, 2.24) is 9.55 Å². The maximum absolute atomic E-state index is 6.21. The van der Waals surface area contributed by atoms with Crippen molar-refractivity contribution in [2.45, 2.75) is 0 Å². The number of fused-ring (bicyclic) bond motifs is 10. The third kappa shape index (κ3) is 8.07. The van der Waals surface area contributed by atoms with E-state index in [1.165, 1.54) is 25.1 Å². The molecular weight excluding hydrogens is 1100 g/mol. The van der Waals surface area contributed by atoms with Crippen molar-refractivity contribution in [1.29, 1.82) is 0 Å². The van der Waals surface area contributed by atoms with Crippen LogP contribution in [0.25, 0.3) is 71.6 Å². The van der Waals surface area contributed by atoms with Crippen molar-refractivity contribution < 1.29 is 8.83 Å². The van der Waals surface area contributed by atoms with E-state index in [9.17, 15) is 0 Å². The van der Waals surface area contributed by atoms with Crippen molar-refractivity contribution in [3.63, 3.8) is 0 Å². The predicted octanol–water partition coefficient (Wildman–Crippen LogP) is 15.5. The van der Waals surface area contributed by atoms with E-state index >= 15 is 0 Å². The fourth-order valence-corrected chi connectivity index (χ4v) is 7.20. The van der Waals surface area contributed by atoms with Gasteiger partial charge in [0.05, 0.1) is 21.8 Å². The highest BCUT2D eigenvalue weighted by atomic mass is 127. The van der Waals surface area contributed by atoms with Crippen molar-refractivity contribution in [3.05, 3.63) is 158 Å². The van der Waals surface area contributed by atoms with Gasteiger partial charge in [0.25, 0.3) is 0 Å². The Morgan fingerprint density at radius 3 is 1.69 bits per heavy atom. The summed E-state index contributed by atoms with van der Waals surface area (Å²) in [7, 11) is 0. The van der Waals surface area contributed by atoms with Crippen LogP contribution in [-0.4, -0.2) is 19.4 Å². The lowest BCUT2D eigenvalue weighted by Gasteiger charge is -2.05. The number of halogens is 5. The number of furan rings is 2. The highest BCUT2D eigenvalue weighted by Gasteiger charge is 2.19. The van der Waals surface area contributed by atoms with Crippen molar-refractivity contribution in [2.24, 2.45) is 0 Å². The highest BCUT2D eigenvalue weighted by Crippen LogP contribution is 2.40. The predicted molar refractivity (Wildman–Crippen MR) is 251 cm³/mol. The molecule has 10 rings (SSSR count). The van der Waals surface area contributed by atoms with Crippen molar-refractivity contribution in [3.8, 4) is 5.69 Å². The first kappa shape index (κ1) is 37.9. The molecule has 256 valence electrons. The molecule has 0 unspecified atom stereocenters. The number of H-pyrrole nitrogens is 1. The quantitative estimate of drug-likeness (QED) is 0.132. The second kappa shape index (κ2) is 17.8. The van der Waals surface area contributed by atoms with Gasteiger partial charge in [-0.1, -0.05) is 162 Å². The summed E-state index contributed by atoms with van der Waals surface area (Å²) in [6.07, 6.45) is 0. The van der Waals surface area contributed by atoms with Crippen LogP contribution >= 0.6 is 99.6 Å². The molecule has 9 heteroatoms. The second-order valence-electron chi connectivity index (χ2n) is 11.0. The first-order chi connectivity index (χ1) is 25.0. The van der Waals surface area contributed by atoms with Crippen LogP contribution in [0.15, 0.2) is 163 Å². The Labute approximate surface area is 353 Å². The van der Waals surface area contributed by atoms with Gasteiger partial charge in [-0.15, -0.1) is 0 Å². The Balaban J connectivity index is 0.000000140. The lowest BCUT2D eigenvalue weighted by atomic mass is 10.1. The van der Waals surface area contributed by atoms with Crippen molar-refractivity contribution in [2.75, 3.05) is 9.86 Å². The molecule has 4 heterocycles. The number of alkyl halides is 2. The molecule has 0 atom stereocenters. The first-order valence-corrected chi connectivity index (χ1v) is 22.7. The standard InChI is InChI=1S/C20H12BrNO.C14H8BrNO.C6H5I.2CH3I/c21-13-10-11-15-17(12-13)22(14-6-2-1-3-7-14)20-19(15)16-8-4-5-9-18(16)23-20;15-8-5-6-9-11(7-8)16-14-13(9)10-3-1-2-4-12(10)17-14;7-6-4-2-1-3-5-6;2*1-2/h1-12H;1-7,16H;1-5H;2*1H3. The van der Waals surface area contributed by atoms with Crippen LogP contribution in [0.1, 0.15) is 0 Å². The molecule has 0 amide bonds. The molecule has 6 aromatic carbocycles. The lowest BCUT2D eigenvalue weighted by Crippen LogP contribution is -1.92. The summed E-state index contributed by atoms with van der Waals surface area (Å²) >= 11 is 13.6. The van der Waals surface area contributed by atoms with Crippen LogP contribution < -0.4 is 0 Å². The van der Waals surface area contributed by atoms with E-state index in [1.54, 1.807) is 0 Å². The van der Waals surface area contributed by atoms with Gasteiger partial charge in [0.1, 0.15) is 11.2 Å². The summed E-state index contributed by atoms with van der Waals surface area (Å²) in [4.78, 5) is 7.25. The SMILES string of the molecule is Brc1ccc2c(c1)[nH]c1oc3ccccc3c12.Brc1ccc2c3c4ccccc4oc3n(-c3ccccc3)c2c1.CI.CI.Ic1ccccc1. The van der Waals surface area contributed by atoms with Crippen LogP contribution in [-0.2, 0) is 0 Å². The van der Waals surface area contributed by atoms with Gasteiger partial charge in [0.2, 0.25) is 11.4 Å². The van der Waals surface area contributed by atoms with Gasteiger partial charge in [-0.25, -0.2) is 0 Å². The number of rotatable bonds is 1. The molecule has 4 nitrogen and oxygen atoms in total. The minimum Gasteiger partial charge on any atom is -0.440 e. The molecule has 0 saturated heterocycles. The molecule has 10 aromatic rings. The van der Waals surface area contributed by atoms with Gasteiger partial charge in [0.15, 0.2) is 0 Å². The average Bonchev–Trinajstić information content (AvgIpc) is 3.91. The van der Waals surface area contributed by atoms with Gasteiger partial charge < -0.3 is 13.8 Å². The number of nitrogens with zero attached hydrogens (tertiary/aromatic N) is 1. The number of aromatic nitrogens is 2. The Hall–Kier alpha value is -2.85. The zero-order valence-electron chi connectivity index (χ0n) is 27.5. The van der Waals surface area contributed by atoms with E-state index in [0.29, 0.717) is 0 Å². The van der Waals surface area contributed by atoms with E-state index in [2.05, 4.69) is 188 Å². The third-order valence-electron chi connectivity index (χ3n) is 8.09. The summed E-state index contributed by atoms with van der Waals surface area (Å²) in [5.41, 5.74) is 6.93. The Morgan fingerprint density at radius 1 is 0.529 bits per heavy atom. The molecule has 51 heavy (non-hydrogen) atoms. The van der Waals surface area contributed by atoms with E-state index in [-0.39, 0.29) is 0 Å².